The molecule has 0 N–H and O–H groups in total. The van der Waals surface area contributed by atoms with Crippen LogP contribution in [0, 0.1) is 0 Å². The molecule has 8 heavy (non-hydrogen) atoms. The summed E-state index contributed by atoms with van der Waals surface area (Å²) in [4.78, 5) is 3.53. The van der Waals surface area contributed by atoms with E-state index in [-0.39, 0.29) is 0 Å². The van der Waals surface area contributed by atoms with Crippen LogP contribution in [-0.4, -0.2) is 6.72 Å². The first-order valence-electron chi connectivity index (χ1n) is 2.53. The molecular formula is C7H11N. The number of allylic oxidation sites excluding steroid dienone is 3. The zero-order chi connectivity index (χ0) is 6.41. The van der Waals surface area contributed by atoms with Crippen molar-refractivity contribution in [3.63, 3.8) is 0 Å². The van der Waals surface area contributed by atoms with Crippen LogP contribution < -0.4 is 0 Å². The van der Waals surface area contributed by atoms with Crippen LogP contribution in [0.2, 0.25) is 0 Å². The molecule has 0 heterocycles. The zero-order valence-electron chi connectivity index (χ0n) is 5.39. The average Bonchev–Trinajstić information content (AvgIpc) is 1.66. The molecule has 1 heteroatoms. The van der Waals surface area contributed by atoms with E-state index >= 15 is 0 Å². The van der Waals surface area contributed by atoms with E-state index in [9.17, 15) is 0 Å². The fraction of sp³-hybridized carbons (Fsp3) is 0.286. The molecule has 0 aliphatic rings. The lowest BCUT2D eigenvalue weighted by Gasteiger charge is -1.78. The summed E-state index contributed by atoms with van der Waals surface area (Å²) < 4.78 is 0. The summed E-state index contributed by atoms with van der Waals surface area (Å²) in [7, 11) is 0. The van der Waals surface area contributed by atoms with Crippen LogP contribution in [0.3, 0.4) is 0 Å². The molecule has 44 valence electrons. The topological polar surface area (TPSA) is 12.4 Å². The Balaban J connectivity index is 3.57. The van der Waals surface area contributed by atoms with Gasteiger partial charge < -0.3 is 0 Å². The molecule has 0 spiro atoms. The van der Waals surface area contributed by atoms with Crippen molar-refractivity contribution in [2.24, 2.45) is 4.99 Å². The Morgan fingerprint density at radius 3 is 2.50 bits per heavy atom. The predicted molar refractivity (Wildman–Crippen MR) is 38.1 cm³/mol. The van der Waals surface area contributed by atoms with Crippen LogP contribution in [0.5, 0.6) is 0 Å². The second-order valence-corrected chi connectivity index (χ2v) is 1.77. The maximum absolute atomic E-state index is 3.53. The summed E-state index contributed by atoms with van der Waals surface area (Å²) in [5, 5.41) is 0. The van der Waals surface area contributed by atoms with Gasteiger partial charge >= 0.3 is 0 Å². The molecule has 0 fully saturated rings. The van der Waals surface area contributed by atoms with Gasteiger partial charge in [0.05, 0.1) is 0 Å². The molecule has 0 aromatic rings. The molecule has 0 radical (unpaired) electrons. The minimum atomic E-state index is 1.27. The molecule has 1 nitrogen and oxygen atoms in total. The molecule has 0 saturated heterocycles. The fourth-order valence-electron chi connectivity index (χ4n) is 0.296. The standard InChI is InChI=1S/C7H11N/c1-7(2)5-4-6-8-3/h4-6H,3H2,1-2H3/b6-4-. The lowest BCUT2D eigenvalue weighted by molar-refractivity contribution is 1.39. The van der Waals surface area contributed by atoms with E-state index in [1.165, 1.54) is 5.57 Å². The number of hydrogen-bond donors (Lipinski definition) is 0. The van der Waals surface area contributed by atoms with E-state index < -0.39 is 0 Å². The second kappa shape index (κ2) is 4.31. The van der Waals surface area contributed by atoms with Crippen molar-refractivity contribution in [1.29, 1.82) is 0 Å². The minimum absolute atomic E-state index is 1.27. The smallest absolute Gasteiger partial charge is 0.0260 e. The van der Waals surface area contributed by atoms with E-state index in [0.29, 0.717) is 0 Å². The molecular weight excluding hydrogens is 98.1 g/mol. The van der Waals surface area contributed by atoms with Crippen molar-refractivity contribution in [2.75, 3.05) is 0 Å². The van der Waals surface area contributed by atoms with Crippen molar-refractivity contribution in [2.45, 2.75) is 13.8 Å². The molecule has 0 rings (SSSR count). The largest absolute Gasteiger partial charge is 0.273 e. The van der Waals surface area contributed by atoms with Crippen molar-refractivity contribution < 1.29 is 0 Å². The van der Waals surface area contributed by atoms with Crippen molar-refractivity contribution in [3.05, 3.63) is 23.9 Å². The number of hydrogen-bond acceptors (Lipinski definition) is 1. The van der Waals surface area contributed by atoms with Crippen LogP contribution in [0.25, 0.3) is 0 Å². The third kappa shape index (κ3) is 5.15. The van der Waals surface area contributed by atoms with Crippen molar-refractivity contribution in [1.82, 2.24) is 0 Å². The van der Waals surface area contributed by atoms with Gasteiger partial charge in [-0.1, -0.05) is 11.6 Å². The van der Waals surface area contributed by atoms with Crippen LogP contribution >= 0.6 is 0 Å². The van der Waals surface area contributed by atoms with Gasteiger partial charge in [0.25, 0.3) is 0 Å². The van der Waals surface area contributed by atoms with Gasteiger partial charge in [0.1, 0.15) is 0 Å². The Kier molecular flexibility index (Phi) is 3.85. The number of nitrogens with zero attached hydrogens (tertiary/aromatic N) is 1. The average molecular weight is 109 g/mol. The van der Waals surface area contributed by atoms with Gasteiger partial charge in [-0.3, -0.25) is 4.99 Å². The Morgan fingerprint density at radius 1 is 1.50 bits per heavy atom. The van der Waals surface area contributed by atoms with Crippen LogP contribution in [-0.2, 0) is 0 Å². The van der Waals surface area contributed by atoms with Gasteiger partial charge in [0.15, 0.2) is 0 Å². The Hall–Kier alpha value is -0.850. The second-order valence-electron chi connectivity index (χ2n) is 1.77. The molecule has 0 atom stereocenters. The van der Waals surface area contributed by atoms with Gasteiger partial charge in [-0.15, -0.1) is 0 Å². The summed E-state index contributed by atoms with van der Waals surface area (Å²) >= 11 is 0. The maximum atomic E-state index is 3.53. The highest BCUT2D eigenvalue weighted by Gasteiger charge is 1.66. The normalized spacial score (nSPS) is 9.25. The third-order valence-corrected chi connectivity index (χ3v) is 0.621. The van der Waals surface area contributed by atoms with Crippen LogP contribution in [0.1, 0.15) is 13.8 Å². The highest BCUT2D eigenvalue weighted by Crippen LogP contribution is 1.87. The summed E-state index contributed by atoms with van der Waals surface area (Å²) in [5.74, 6) is 0. The fourth-order valence-corrected chi connectivity index (χ4v) is 0.296. The van der Waals surface area contributed by atoms with E-state index in [1.54, 1.807) is 6.20 Å². The molecule has 0 saturated carbocycles. The van der Waals surface area contributed by atoms with Gasteiger partial charge in [-0.05, 0) is 26.6 Å². The first-order valence-corrected chi connectivity index (χ1v) is 2.53. The van der Waals surface area contributed by atoms with Crippen LogP contribution in [0.4, 0.5) is 0 Å². The van der Waals surface area contributed by atoms with Crippen LogP contribution in [0.15, 0.2) is 28.9 Å². The highest BCUT2D eigenvalue weighted by molar-refractivity contribution is 5.26. The van der Waals surface area contributed by atoms with Gasteiger partial charge in [-0.25, -0.2) is 0 Å². The molecule has 0 unspecified atom stereocenters. The molecule has 0 bridgehead atoms. The number of rotatable bonds is 2. The van der Waals surface area contributed by atoms with E-state index in [4.69, 9.17) is 0 Å². The van der Waals surface area contributed by atoms with E-state index in [1.807, 2.05) is 26.0 Å². The van der Waals surface area contributed by atoms with Crippen molar-refractivity contribution in [3.8, 4) is 0 Å². The van der Waals surface area contributed by atoms with Gasteiger partial charge in [0, 0.05) is 6.20 Å². The SMILES string of the molecule is C=N/C=C\C=C(C)C. The Bertz CT molecular complexity index is 116. The molecule has 0 aliphatic carbocycles. The number of aliphatic imine (C=N–C) groups is 1. The summed E-state index contributed by atoms with van der Waals surface area (Å²) in [6.45, 7) is 7.36. The third-order valence-electron chi connectivity index (χ3n) is 0.621. The quantitative estimate of drug-likeness (QED) is 0.380. The van der Waals surface area contributed by atoms with Gasteiger partial charge in [0.2, 0.25) is 0 Å². The maximum Gasteiger partial charge on any atom is 0.0260 e. The van der Waals surface area contributed by atoms with Crippen molar-refractivity contribution >= 4 is 6.72 Å². The monoisotopic (exact) mass is 109 g/mol. The first-order chi connectivity index (χ1) is 3.77. The molecule has 0 amide bonds. The molecule has 0 aliphatic heterocycles. The lowest BCUT2D eigenvalue weighted by Crippen LogP contribution is -1.57. The predicted octanol–water partition coefficient (Wildman–Crippen LogP) is 2.17. The summed E-state index contributed by atoms with van der Waals surface area (Å²) in [6.07, 6.45) is 5.50. The van der Waals surface area contributed by atoms with Gasteiger partial charge in [-0.2, -0.15) is 0 Å². The van der Waals surface area contributed by atoms with E-state index in [2.05, 4.69) is 11.7 Å². The molecule has 0 aromatic heterocycles. The zero-order valence-corrected chi connectivity index (χ0v) is 5.39. The van der Waals surface area contributed by atoms with E-state index in [0.717, 1.165) is 0 Å². The highest BCUT2D eigenvalue weighted by atomic mass is 14.6. The Morgan fingerprint density at radius 2 is 2.12 bits per heavy atom. The molecule has 0 aromatic carbocycles. The summed E-state index contributed by atoms with van der Waals surface area (Å²) in [5.41, 5.74) is 1.27. The lowest BCUT2D eigenvalue weighted by atomic mass is 10.3. The minimum Gasteiger partial charge on any atom is -0.273 e. The first kappa shape index (κ1) is 7.15. The Labute approximate surface area is 50.4 Å². The summed E-state index contributed by atoms with van der Waals surface area (Å²) in [6, 6.07) is 0.